The maximum Gasteiger partial charge on any atom is 0.416 e. The number of nitrogens with one attached hydrogen (secondary N) is 2. The zero-order valence-corrected chi connectivity index (χ0v) is 16.8. The Balaban J connectivity index is 2.30. The minimum absolute atomic E-state index is 0.0390. The average molecular weight is 457 g/mol. The van der Waals surface area contributed by atoms with Crippen LogP contribution >= 0.6 is 11.6 Å². The first-order valence-corrected chi connectivity index (χ1v) is 11.2. The van der Waals surface area contributed by atoms with Crippen molar-refractivity contribution in [1.82, 2.24) is 4.72 Å². The number of hydrogen-bond donors (Lipinski definition) is 2. The minimum atomic E-state index is -4.74. The molecule has 2 rings (SSSR count). The van der Waals surface area contributed by atoms with Crippen molar-refractivity contribution >= 4 is 37.3 Å². The molecule has 0 atom stereocenters. The molecular formula is C16H16ClF3N2O4S2. The Morgan fingerprint density at radius 2 is 1.57 bits per heavy atom. The highest BCUT2D eigenvalue weighted by Gasteiger charge is 2.32. The van der Waals surface area contributed by atoms with Crippen molar-refractivity contribution in [2.24, 2.45) is 0 Å². The van der Waals surface area contributed by atoms with Gasteiger partial charge in [0.15, 0.2) is 0 Å². The van der Waals surface area contributed by atoms with Crippen LogP contribution in [0.5, 0.6) is 0 Å². The molecule has 0 radical (unpaired) electrons. The Bertz CT molecular complexity index is 1050. The Labute approximate surface area is 165 Å². The lowest BCUT2D eigenvalue weighted by atomic mass is 10.2. The van der Waals surface area contributed by atoms with E-state index in [2.05, 4.69) is 9.44 Å². The Morgan fingerprint density at radius 3 is 2.11 bits per heavy atom. The summed E-state index contributed by atoms with van der Waals surface area (Å²) in [5.41, 5.74) is -1.20. The van der Waals surface area contributed by atoms with E-state index in [-0.39, 0.29) is 22.2 Å². The molecule has 0 spiro atoms. The number of anilines is 1. The largest absolute Gasteiger partial charge is 0.416 e. The van der Waals surface area contributed by atoms with E-state index in [1.165, 1.54) is 24.3 Å². The van der Waals surface area contributed by atoms with Crippen LogP contribution in [0.2, 0.25) is 5.02 Å². The average Bonchev–Trinajstić information content (AvgIpc) is 2.59. The summed E-state index contributed by atoms with van der Waals surface area (Å²) in [6.07, 6.45) is -4.15. The van der Waals surface area contributed by atoms with Crippen molar-refractivity contribution < 1.29 is 30.0 Å². The van der Waals surface area contributed by atoms with Crippen molar-refractivity contribution in [3.8, 4) is 0 Å². The molecule has 0 bridgehead atoms. The molecule has 12 heteroatoms. The van der Waals surface area contributed by atoms with E-state index in [0.717, 1.165) is 6.07 Å². The molecule has 0 amide bonds. The van der Waals surface area contributed by atoms with Crippen LogP contribution in [0.1, 0.15) is 18.9 Å². The van der Waals surface area contributed by atoms with Crippen LogP contribution in [0.25, 0.3) is 0 Å². The zero-order valence-electron chi connectivity index (χ0n) is 14.4. The van der Waals surface area contributed by atoms with Crippen LogP contribution in [-0.4, -0.2) is 23.4 Å². The van der Waals surface area contributed by atoms with Gasteiger partial charge in [0, 0.05) is 12.2 Å². The van der Waals surface area contributed by atoms with Gasteiger partial charge in [-0.3, -0.25) is 4.72 Å². The lowest BCUT2D eigenvalue weighted by Crippen LogP contribution is -2.24. The van der Waals surface area contributed by atoms with Gasteiger partial charge in [0.2, 0.25) is 10.0 Å². The first-order valence-electron chi connectivity index (χ1n) is 7.86. The molecule has 28 heavy (non-hydrogen) atoms. The summed E-state index contributed by atoms with van der Waals surface area (Å²) >= 11 is 5.76. The Morgan fingerprint density at radius 1 is 0.964 bits per heavy atom. The molecule has 2 aromatic carbocycles. The van der Waals surface area contributed by atoms with Crippen LogP contribution in [-0.2, 0) is 26.2 Å². The van der Waals surface area contributed by atoms with Gasteiger partial charge in [-0.05, 0) is 48.9 Å². The highest BCUT2D eigenvalue weighted by Crippen LogP contribution is 2.34. The van der Waals surface area contributed by atoms with Gasteiger partial charge in [-0.25, -0.2) is 21.6 Å². The summed E-state index contributed by atoms with van der Waals surface area (Å²) in [4.78, 5) is -0.827. The Kier molecular flexibility index (Phi) is 6.64. The molecule has 0 unspecified atom stereocenters. The van der Waals surface area contributed by atoms with Gasteiger partial charge in [0.1, 0.15) is 4.90 Å². The number of benzene rings is 2. The molecule has 0 aromatic heterocycles. The van der Waals surface area contributed by atoms with Gasteiger partial charge < -0.3 is 0 Å². The fraction of sp³-hybridized carbons (Fsp3) is 0.250. The molecule has 0 saturated heterocycles. The monoisotopic (exact) mass is 456 g/mol. The van der Waals surface area contributed by atoms with Crippen molar-refractivity contribution in [2.45, 2.75) is 29.3 Å². The molecule has 0 aliphatic rings. The molecule has 2 N–H and O–H groups in total. The standard InChI is InChI=1S/C16H16ClF3N2O4S2/c1-2-9-21-27(23,24)13-6-4-12(5-7-13)22-28(25,26)15-10-11(16(18,19)20)3-8-14(15)17/h3-8,10,21-22H,2,9H2,1H3. The van der Waals surface area contributed by atoms with E-state index in [1.807, 2.05) is 0 Å². The van der Waals surface area contributed by atoms with E-state index < -0.39 is 36.7 Å². The topological polar surface area (TPSA) is 92.3 Å². The van der Waals surface area contributed by atoms with Crippen molar-refractivity contribution in [1.29, 1.82) is 0 Å². The number of alkyl halides is 3. The number of hydrogen-bond acceptors (Lipinski definition) is 4. The normalized spacial score (nSPS) is 12.8. The maximum absolute atomic E-state index is 12.8. The quantitative estimate of drug-likeness (QED) is 0.662. The van der Waals surface area contributed by atoms with E-state index in [4.69, 9.17) is 11.6 Å². The van der Waals surface area contributed by atoms with Gasteiger partial charge >= 0.3 is 6.18 Å². The van der Waals surface area contributed by atoms with Crippen molar-refractivity contribution in [3.05, 3.63) is 53.1 Å². The number of halogens is 4. The summed E-state index contributed by atoms with van der Waals surface area (Å²) in [5, 5.41) is -0.386. The zero-order chi connectivity index (χ0) is 21.2. The van der Waals surface area contributed by atoms with Gasteiger partial charge in [-0.1, -0.05) is 18.5 Å². The van der Waals surface area contributed by atoms with Crippen LogP contribution in [0, 0.1) is 0 Å². The molecule has 0 heterocycles. The maximum atomic E-state index is 12.8. The van der Waals surface area contributed by atoms with E-state index in [0.29, 0.717) is 18.6 Å². The summed E-state index contributed by atoms with van der Waals surface area (Å²) in [7, 11) is -8.17. The first kappa shape index (κ1) is 22.5. The third kappa shape index (κ3) is 5.37. The number of rotatable bonds is 7. The minimum Gasteiger partial charge on any atom is -0.280 e. The first-order chi connectivity index (χ1) is 12.9. The molecule has 0 aliphatic heterocycles. The Hall–Kier alpha value is -1.82. The molecule has 0 aliphatic carbocycles. The van der Waals surface area contributed by atoms with Crippen LogP contribution in [0.15, 0.2) is 52.3 Å². The molecule has 0 saturated carbocycles. The lowest BCUT2D eigenvalue weighted by Gasteiger charge is -2.13. The third-order valence-electron chi connectivity index (χ3n) is 3.51. The van der Waals surface area contributed by atoms with Gasteiger partial charge in [-0.15, -0.1) is 0 Å². The highest BCUT2D eigenvalue weighted by atomic mass is 35.5. The fourth-order valence-corrected chi connectivity index (χ4v) is 4.84. The second kappa shape index (κ2) is 8.27. The summed E-state index contributed by atoms with van der Waals surface area (Å²) in [5.74, 6) is 0. The molecular weight excluding hydrogens is 441 g/mol. The third-order valence-corrected chi connectivity index (χ3v) is 6.85. The molecule has 154 valence electrons. The van der Waals surface area contributed by atoms with Gasteiger partial charge in [0.05, 0.1) is 15.5 Å². The SMILES string of the molecule is CCCNS(=O)(=O)c1ccc(NS(=O)(=O)c2cc(C(F)(F)F)ccc2Cl)cc1. The van der Waals surface area contributed by atoms with Crippen LogP contribution in [0.3, 0.4) is 0 Å². The second-order valence-corrected chi connectivity index (χ2v) is 9.50. The van der Waals surface area contributed by atoms with Crippen LogP contribution < -0.4 is 9.44 Å². The molecule has 6 nitrogen and oxygen atoms in total. The van der Waals surface area contributed by atoms with E-state index >= 15 is 0 Å². The van der Waals surface area contributed by atoms with Gasteiger partial charge in [-0.2, -0.15) is 13.2 Å². The summed E-state index contributed by atoms with van der Waals surface area (Å²) in [6.45, 7) is 2.03. The summed E-state index contributed by atoms with van der Waals surface area (Å²) in [6, 6.07) is 6.64. The van der Waals surface area contributed by atoms with E-state index in [9.17, 15) is 30.0 Å². The van der Waals surface area contributed by atoms with Crippen molar-refractivity contribution in [2.75, 3.05) is 11.3 Å². The number of sulfonamides is 2. The smallest absolute Gasteiger partial charge is 0.280 e. The molecule has 2 aromatic rings. The fourth-order valence-electron chi connectivity index (χ4n) is 2.12. The predicted molar refractivity (Wildman–Crippen MR) is 99.2 cm³/mol. The van der Waals surface area contributed by atoms with Crippen molar-refractivity contribution in [3.63, 3.8) is 0 Å². The second-order valence-electron chi connectivity index (χ2n) is 5.67. The predicted octanol–water partition coefficient (Wildman–Crippen LogP) is 3.85. The summed E-state index contributed by atoms with van der Waals surface area (Å²) < 4.78 is 91.8. The lowest BCUT2D eigenvalue weighted by molar-refractivity contribution is -0.137. The van der Waals surface area contributed by atoms with Crippen LogP contribution in [0.4, 0.5) is 18.9 Å². The molecule has 0 fully saturated rings. The van der Waals surface area contributed by atoms with E-state index in [1.54, 1.807) is 6.92 Å². The highest BCUT2D eigenvalue weighted by molar-refractivity contribution is 7.92. The van der Waals surface area contributed by atoms with Gasteiger partial charge in [0.25, 0.3) is 10.0 Å².